The van der Waals surface area contributed by atoms with Crippen LogP contribution in [0.5, 0.6) is 0 Å². The second-order valence-corrected chi connectivity index (χ2v) is 7.68. The van der Waals surface area contributed by atoms with E-state index in [1.165, 1.54) is 28.8 Å². The number of Topliss-reactive ketones (excluding diaryl/α,β-unsaturated/α-hetero) is 1. The Morgan fingerprint density at radius 3 is 2.47 bits per heavy atom. The van der Waals surface area contributed by atoms with Gasteiger partial charge >= 0.3 is 5.69 Å². The predicted molar refractivity (Wildman–Crippen MR) is 113 cm³/mol. The van der Waals surface area contributed by atoms with Crippen LogP contribution in [0.2, 0.25) is 0 Å². The molecule has 3 N–H and O–H groups in total. The second-order valence-electron chi connectivity index (χ2n) is 7.68. The van der Waals surface area contributed by atoms with Crippen molar-refractivity contribution in [1.29, 1.82) is 0 Å². The van der Waals surface area contributed by atoms with E-state index >= 15 is 0 Å². The summed E-state index contributed by atoms with van der Waals surface area (Å²) in [4.78, 5) is 42.5. The SMILES string of the molecule is Nc1ccc2c(=O)n(CCN3CCC(C(=O)c4ccc(F)cc4)CC3)c(=O)[nH]c2c1. The summed E-state index contributed by atoms with van der Waals surface area (Å²) in [5, 5.41) is 0.424. The number of fused-ring (bicyclic) bond motifs is 1. The Bertz CT molecular complexity index is 1190. The lowest BCUT2D eigenvalue weighted by atomic mass is 9.89. The van der Waals surface area contributed by atoms with Crippen molar-refractivity contribution in [3.8, 4) is 0 Å². The summed E-state index contributed by atoms with van der Waals surface area (Å²) >= 11 is 0. The van der Waals surface area contributed by atoms with Gasteiger partial charge < -0.3 is 15.6 Å². The van der Waals surface area contributed by atoms with Gasteiger partial charge in [0.1, 0.15) is 5.82 Å². The number of aromatic nitrogens is 2. The van der Waals surface area contributed by atoms with Gasteiger partial charge in [0.05, 0.1) is 10.9 Å². The number of benzene rings is 2. The minimum absolute atomic E-state index is 0.0381. The molecule has 0 spiro atoms. The van der Waals surface area contributed by atoms with E-state index in [1.807, 2.05) is 0 Å². The largest absolute Gasteiger partial charge is 0.399 e. The van der Waals surface area contributed by atoms with Crippen molar-refractivity contribution in [1.82, 2.24) is 14.5 Å². The zero-order chi connectivity index (χ0) is 21.3. The van der Waals surface area contributed by atoms with E-state index in [0.717, 1.165) is 0 Å². The fourth-order valence-corrected chi connectivity index (χ4v) is 3.99. The Balaban J connectivity index is 1.39. The number of H-pyrrole nitrogens is 1. The molecular formula is C22H23FN4O3. The minimum Gasteiger partial charge on any atom is -0.399 e. The van der Waals surface area contributed by atoms with Gasteiger partial charge in [-0.1, -0.05) is 0 Å². The van der Waals surface area contributed by atoms with Crippen LogP contribution in [0.1, 0.15) is 23.2 Å². The van der Waals surface area contributed by atoms with Crippen LogP contribution in [0.25, 0.3) is 10.9 Å². The topological polar surface area (TPSA) is 101 Å². The lowest BCUT2D eigenvalue weighted by molar-refractivity contribution is 0.0837. The number of aromatic amines is 1. The molecule has 1 fully saturated rings. The summed E-state index contributed by atoms with van der Waals surface area (Å²) in [6, 6.07) is 10.5. The van der Waals surface area contributed by atoms with E-state index < -0.39 is 5.69 Å². The van der Waals surface area contributed by atoms with Crippen LogP contribution in [0.4, 0.5) is 10.1 Å². The van der Waals surface area contributed by atoms with Crippen LogP contribution in [0.15, 0.2) is 52.1 Å². The fourth-order valence-electron chi connectivity index (χ4n) is 3.99. The maximum Gasteiger partial charge on any atom is 0.328 e. The molecule has 4 rings (SSSR count). The zero-order valence-corrected chi connectivity index (χ0v) is 16.4. The number of nitrogens with one attached hydrogen (secondary N) is 1. The highest BCUT2D eigenvalue weighted by Crippen LogP contribution is 2.22. The van der Waals surface area contributed by atoms with Crippen molar-refractivity contribution >= 4 is 22.4 Å². The van der Waals surface area contributed by atoms with Crippen LogP contribution < -0.4 is 17.0 Å². The molecule has 0 aliphatic carbocycles. The number of rotatable bonds is 5. The van der Waals surface area contributed by atoms with Gasteiger partial charge in [0.2, 0.25) is 0 Å². The molecule has 3 aromatic rings. The Labute approximate surface area is 171 Å². The van der Waals surface area contributed by atoms with Gasteiger partial charge in [0.15, 0.2) is 5.78 Å². The van der Waals surface area contributed by atoms with Gasteiger partial charge in [-0.2, -0.15) is 0 Å². The third kappa shape index (κ3) is 4.04. The van der Waals surface area contributed by atoms with Gasteiger partial charge in [-0.15, -0.1) is 0 Å². The van der Waals surface area contributed by atoms with Crippen molar-refractivity contribution in [3.63, 3.8) is 0 Å². The average molecular weight is 410 g/mol. The highest BCUT2D eigenvalue weighted by molar-refractivity contribution is 5.97. The number of nitrogens with zero attached hydrogens (tertiary/aromatic N) is 2. The molecular weight excluding hydrogens is 387 g/mol. The molecule has 1 aliphatic rings. The number of carbonyl (C=O) groups excluding carboxylic acids is 1. The Morgan fingerprint density at radius 1 is 1.07 bits per heavy atom. The molecule has 1 saturated heterocycles. The number of carbonyl (C=O) groups is 1. The van der Waals surface area contributed by atoms with Crippen molar-refractivity contribution in [2.75, 3.05) is 25.4 Å². The number of piperidine rings is 1. The highest BCUT2D eigenvalue weighted by atomic mass is 19.1. The lowest BCUT2D eigenvalue weighted by Crippen LogP contribution is -2.42. The van der Waals surface area contributed by atoms with Crippen molar-refractivity contribution < 1.29 is 9.18 Å². The molecule has 0 unspecified atom stereocenters. The summed E-state index contributed by atoms with van der Waals surface area (Å²) in [7, 11) is 0. The van der Waals surface area contributed by atoms with Crippen LogP contribution in [0.3, 0.4) is 0 Å². The molecule has 0 bridgehead atoms. The number of nitrogen functional groups attached to an aromatic ring is 1. The van der Waals surface area contributed by atoms with Crippen LogP contribution in [-0.4, -0.2) is 39.9 Å². The van der Waals surface area contributed by atoms with Crippen molar-refractivity contribution in [2.24, 2.45) is 5.92 Å². The molecule has 30 heavy (non-hydrogen) atoms. The molecule has 7 nitrogen and oxygen atoms in total. The van der Waals surface area contributed by atoms with E-state index in [0.29, 0.717) is 54.6 Å². The summed E-state index contributed by atoms with van der Waals surface area (Å²) in [6.45, 7) is 2.22. The molecule has 2 aromatic carbocycles. The monoisotopic (exact) mass is 410 g/mol. The normalized spacial score (nSPS) is 15.5. The lowest BCUT2D eigenvalue weighted by Gasteiger charge is -2.31. The number of ketones is 1. The van der Waals surface area contributed by atoms with Gasteiger partial charge in [0.25, 0.3) is 5.56 Å². The maximum atomic E-state index is 13.1. The van der Waals surface area contributed by atoms with Crippen LogP contribution >= 0.6 is 0 Å². The first kappa shape index (κ1) is 20.0. The Hall–Kier alpha value is -3.26. The zero-order valence-electron chi connectivity index (χ0n) is 16.4. The first-order valence-corrected chi connectivity index (χ1v) is 9.97. The standard InChI is InChI=1S/C22H23FN4O3/c23-16-3-1-14(2-4-16)20(28)15-7-9-26(10-8-15)11-12-27-21(29)18-6-5-17(24)13-19(18)25-22(27)30/h1-6,13,15H,7-12,24H2,(H,25,30). The number of hydrogen-bond acceptors (Lipinski definition) is 5. The summed E-state index contributed by atoms with van der Waals surface area (Å²) in [5.74, 6) is -0.413. The molecule has 0 radical (unpaired) electrons. The summed E-state index contributed by atoms with van der Waals surface area (Å²) in [5.41, 5.74) is 6.36. The van der Waals surface area contributed by atoms with E-state index in [-0.39, 0.29) is 29.6 Å². The van der Waals surface area contributed by atoms with Crippen molar-refractivity contribution in [3.05, 3.63) is 74.7 Å². The van der Waals surface area contributed by atoms with Gasteiger partial charge in [-0.3, -0.25) is 14.2 Å². The minimum atomic E-state index is -0.459. The maximum absolute atomic E-state index is 13.1. The van der Waals surface area contributed by atoms with E-state index in [2.05, 4.69) is 9.88 Å². The van der Waals surface area contributed by atoms with Crippen LogP contribution in [-0.2, 0) is 6.54 Å². The quantitative estimate of drug-likeness (QED) is 0.495. The molecule has 2 heterocycles. The number of nitrogens with two attached hydrogens (primary N) is 1. The first-order valence-electron chi connectivity index (χ1n) is 9.97. The molecule has 0 saturated carbocycles. The molecule has 8 heteroatoms. The second kappa shape index (κ2) is 8.23. The Kier molecular flexibility index (Phi) is 5.50. The van der Waals surface area contributed by atoms with Gasteiger partial charge in [-0.05, 0) is 68.4 Å². The third-order valence-corrected chi connectivity index (χ3v) is 5.73. The molecule has 156 valence electrons. The smallest absolute Gasteiger partial charge is 0.328 e. The molecule has 1 aliphatic heterocycles. The fraction of sp³-hybridized carbons (Fsp3) is 0.318. The highest BCUT2D eigenvalue weighted by Gasteiger charge is 2.25. The number of hydrogen-bond donors (Lipinski definition) is 2. The third-order valence-electron chi connectivity index (χ3n) is 5.73. The van der Waals surface area contributed by atoms with Crippen molar-refractivity contribution in [2.45, 2.75) is 19.4 Å². The average Bonchev–Trinajstić information content (AvgIpc) is 2.74. The van der Waals surface area contributed by atoms with Crippen LogP contribution in [0, 0.1) is 11.7 Å². The van der Waals surface area contributed by atoms with E-state index in [9.17, 15) is 18.8 Å². The van der Waals surface area contributed by atoms with Gasteiger partial charge in [0, 0.05) is 30.3 Å². The summed E-state index contributed by atoms with van der Waals surface area (Å²) in [6.07, 6.45) is 1.39. The predicted octanol–water partition coefficient (Wildman–Crippen LogP) is 2.01. The molecule has 0 atom stereocenters. The number of anilines is 1. The molecule has 0 amide bonds. The summed E-state index contributed by atoms with van der Waals surface area (Å²) < 4.78 is 14.3. The number of halogens is 1. The molecule has 1 aromatic heterocycles. The van der Waals surface area contributed by atoms with E-state index in [4.69, 9.17) is 5.73 Å². The van der Waals surface area contributed by atoms with Gasteiger partial charge in [-0.25, -0.2) is 9.18 Å². The number of likely N-dealkylation sites (tertiary alicyclic amines) is 1. The first-order chi connectivity index (χ1) is 14.4. The Morgan fingerprint density at radius 2 is 1.77 bits per heavy atom. The van der Waals surface area contributed by atoms with E-state index in [1.54, 1.807) is 18.2 Å².